The van der Waals surface area contributed by atoms with E-state index in [2.05, 4.69) is 32.4 Å². The van der Waals surface area contributed by atoms with Gasteiger partial charge in [0.2, 0.25) is 0 Å². The zero-order valence-corrected chi connectivity index (χ0v) is 10.6. The predicted octanol–water partition coefficient (Wildman–Crippen LogP) is 3.13. The average molecular weight is 280 g/mol. The van der Waals surface area contributed by atoms with E-state index < -0.39 is 0 Å². The molecule has 0 radical (unpaired) electrons. The molecular weight excluding hydrogens is 266 g/mol. The molecule has 1 aliphatic rings. The fraction of sp³-hybridized carbons (Fsp3) is 0.417. The number of halogens is 1. The highest BCUT2D eigenvalue weighted by atomic mass is 79.9. The van der Waals surface area contributed by atoms with E-state index in [4.69, 9.17) is 5.26 Å². The van der Waals surface area contributed by atoms with Crippen molar-refractivity contribution < 1.29 is 0 Å². The lowest BCUT2D eigenvalue weighted by atomic mass is 10.2. The molecule has 0 atom stereocenters. The molecule has 16 heavy (non-hydrogen) atoms. The van der Waals surface area contributed by atoms with Crippen molar-refractivity contribution in [2.45, 2.75) is 19.3 Å². The Morgan fingerprint density at radius 1 is 1.25 bits per heavy atom. The van der Waals surface area contributed by atoms with Crippen molar-refractivity contribution in [2.24, 2.45) is 0 Å². The van der Waals surface area contributed by atoms with Gasteiger partial charge in [0.25, 0.3) is 0 Å². The fourth-order valence-electron chi connectivity index (χ4n) is 1.85. The van der Waals surface area contributed by atoms with Crippen LogP contribution in [0.4, 0.5) is 5.69 Å². The van der Waals surface area contributed by atoms with Crippen molar-refractivity contribution in [1.29, 1.82) is 5.26 Å². The molecule has 0 amide bonds. The smallest absolute Gasteiger partial charge is 0.0992 e. The SMILES string of the molecule is N#Cc1ccc(NN2CCCCC2)c(Br)c1. The van der Waals surface area contributed by atoms with Crippen LogP contribution in [0, 0.1) is 11.3 Å². The molecule has 0 spiro atoms. The lowest BCUT2D eigenvalue weighted by molar-refractivity contribution is 0.273. The molecule has 0 unspecified atom stereocenters. The number of benzene rings is 1. The second-order valence-corrected chi connectivity index (χ2v) is 4.82. The first kappa shape index (κ1) is 11.4. The van der Waals surface area contributed by atoms with Gasteiger partial charge in [-0.25, -0.2) is 5.01 Å². The van der Waals surface area contributed by atoms with Crippen LogP contribution >= 0.6 is 15.9 Å². The molecule has 1 fully saturated rings. The van der Waals surface area contributed by atoms with E-state index in [1.165, 1.54) is 19.3 Å². The first-order valence-corrected chi connectivity index (χ1v) is 6.30. The van der Waals surface area contributed by atoms with Crippen molar-refractivity contribution in [3.8, 4) is 6.07 Å². The Kier molecular flexibility index (Phi) is 3.81. The summed E-state index contributed by atoms with van der Waals surface area (Å²) in [6.07, 6.45) is 3.83. The van der Waals surface area contributed by atoms with Crippen LogP contribution in [0.1, 0.15) is 24.8 Å². The monoisotopic (exact) mass is 279 g/mol. The summed E-state index contributed by atoms with van der Waals surface area (Å²) in [5.41, 5.74) is 5.08. The molecule has 1 N–H and O–H groups in total. The molecule has 84 valence electrons. The van der Waals surface area contributed by atoms with Crippen LogP contribution in [-0.2, 0) is 0 Å². The molecule has 2 rings (SSSR count). The summed E-state index contributed by atoms with van der Waals surface area (Å²) in [6.45, 7) is 2.18. The molecule has 1 saturated heterocycles. The van der Waals surface area contributed by atoms with Crippen molar-refractivity contribution in [2.75, 3.05) is 18.5 Å². The van der Waals surface area contributed by atoms with Crippen molar-refractivity contribution in [3.05, 3.63) is 28.2 Å². The normalized spacial score (nSPS) is 16.8. The Morgan fingerprint density at radius 2 is 2.00 bits per heavy atom. The van der Waals surface area contributed by atoms with Crippen molar-refractivity contribution >= 4 is 21.6 Å². The lowest BCUT2D eigenvalue weighted by Crippen LogP contribution is -2.34. The van der Waals surface area contributed by atoms with Gasteiger partial charge in [0, 0.05) is 17.6 Å². The molecule has 1 aromatic rings. The molecular formula is C12H14BrN3. The summed E-state index contributed by atoms with van der Waals surface area (Å²) in [4.78, 5) is 0. The third kappa shape index (κ3) is 2.75. The quantitative estimate of drug-likeness (QED) is 0.904. The van der Waals surface area contributed by atoms with Gasteiger partial charge in [0.05, 0.1) is 17.3 Å². The fourth-order valence-corrected chi connectivity index (χ4v) is 2.32. The van der Waals surface area contributed by atoms with E-state index in [0.717, 1.165) is 23.2 Å². The highest BCUT2D eigenvalue weighted by Crippen LogP contribution is 2.24. The zero-order chi connectivity index (χ0) is 11.4. The third-order valence-corrected chi connectivity index (χ3v) is 3.39. The number of nitrogens with one attached hydrogen (secondary N) is 1. The largest absolute Gasteiger partial charge is 0.318 e. The number of hydrogen-bond donors (Lipinski definition) is 1. The Balaban J connectivity index is 2.06. The minimum Gasteiger partial charge on any atom is -0.318 e. The van der Waals surface area contributed by atoms with Gasteiger partial charge in [-0.1, -0.05) is 6.42 Å². The van der Waals surface area contributed by atoms with Crippen LogP contribution < -0.4 is 5.43 Å². The molecule has 0 bridgehead atoms. The van der Waals surface area contributed by atoms with E-state index in [0.29, 0.717) is 5.56 Å². The molecule has 1 aliphatic heterocycles. The minimum absolute atomic E-state index is 0.677. The van der Waals surface area contributed by atoms with Gasteiger partial charge in [-0.3, -0.25) is 0 Å². The van der Waals surface area contributed by atoms with E-state index in [-0.39, 0.29) is 0 Å². The van der Waals surface area contributed by atoms with Crippen molar-refractivity contribution in [1.82, 2.24) is 5.01 Å². The van der Waals surface area contributed by atoms with Gasteiger partial charge in [0.1, 0.15) is 0 Å². The van der Waals surface area contributed by atoms with Crippen LogP contribution in [0.2, 0.25) is 0 Å². The van der Waals surface area contributed by atoms with Crippen LogP contribution in [0.25, 0.3) is 0 Å². The van der Waals surface area contributed by atoms with E-state index in [1.807, 2.05) is 18.2 Å². The molecule has 0 aromatic heterocycles. The Bertz CT molecular complexity index is 405. The van der Waals surface area contributed by atoms with Crippen LogP contribution in [-0.4, -0.2) is 18.1 Å². The summed E-state index contributed by atoms with van der Waals surface area (Å²) < 4.78 is 0.942. The molecule has 0 aliphatic carbocycles. The second-order valence-electron chi connectivity index (χ2n) is 3.97. The Hall–Kier alpha value is -1.05. The number of rotatable bonds is 2. The number of nitriles is 1. The number of hydrogen-bond acceptors (Lipinski definition) is 3. The van der Waals surface area contributed by atoms with E-state index >= 15 is 0 Å². The summed E-state index contributed by atoms with van der Waals surface area (Å²) in [7, 11) is 0. The van der Waals surface area contributed by atoms with Gasteiger partial charge in [0.15, 0.2) is 0 Å². The third-order valence-electron chi connectivity index (χ3n) is 2.73. The van der Waals surface area contributed by atoms with Gasteiger partial charge in [-0.15, -0.1) is 0 Å². The Labute approximate surface area is 104 Å². The molecule has 1 heterocycles. The van der Waals surface area contributed by atoms with Gasteiger partial charge in [-0.2, -0.15) is 5.26 Å². The maximum absolute atomic E-state index is 8.77. The van der Waals surface area contributed by atoms with Crippen LogP contribution in [0.3, 0.4) is 0 Å². The second kappa shape index (κ2) is 5.33. The molecule has 3 nitrogen and oxygen atoms in total. The lowest BCUT2D eigenvalue weighted by Gasteiger charge is -2.28. The van der Waals surface area contributed by atoms with Crippen molar-refractivity contribution in [3.63, 3.8) is 0 Å². The Morgan fingerprint density at radius 3 is 2.62 bits per heavy atom. The van der Waals surface area contributed by atoms with E-state index in [1.54, 1.807) is 0 Å². The standard InChI is InChI=1S/C12H14BrN3/c13-11-8-10(9-14)4-5-12(11)15-16-6-2-1-3-7-16/h4-5,8,15H,1-3,6-7H2. The zero-order valence-electron chi connectivity index (χ0n) is 9.04. The topological polar surface area (TPSA) is 39.1 Å². The maximum atomic E-state index is 8.77. The van der Waals surface area contributed by atoms with Gasteiger partial charge >= 0.3 is 0 Å². The number of nitrogens with zero attached hydrogens (tertiary/aromatic N) is 2. The predicted molar refractivity (Wildman–Crippen MR) is 67.9 cm³/mol. The highest BCUT2D eigenvalue weighted by Gasteiger charge is 2.11. The number of hydrazine groups is 1. The van der Waals surface area contributed by atoms with Crippen LogP contribution in [0.15, 0.2) is 22.7 Å². The highest BCUT2D eigenvalue weighted by molar-refractivity contribution is 9.10. The summed E-state index contributed by atoms with van der Waals surface area (Å²) in [5.74, 6) is 0. The number of piperidine rings is 1. The van der Waals surface area contributed by atoms with Crippen LogP contribution in [0.5, 0.6) is 0 Å². The summed E-state index contributed by atoms with van der Waals surface area (Å²) in [6, 6.07) is 7.74. The molecule has 4 heteroatoms. The summed E-state index contributed by atoms with van der Waals surface area (Å²) in [5, 5.41) is 11.0. The molecule has 1 aromatic carbocycles. The average Bonchev–Trinajstić information content (AvgIpc) is 2.33. The van der Waals surface area contributed by atoms with E-state index in [9.17, 15) is 0 Å². The molecule has 0 saturated carbocycles. The van der Waals surface area contributed by atoms with Gasteiger partial charge in [-0.05, 0) is 47.0 Å². The first-order valence-electron chi connectivity index (χ1n) is 5.51. The maximum Gasteiger partial charge on any atom is 0.0992 e. The number of anilines is 1. The summed E-state index contributed by atoms with van der Waals surface area (Å²) >= 11 is 3.47. The van der Waals surface area contributed by atoms with Gasteiger partial charge < -0.3 is 5.43 Å². The first-order chi connectivity index (χ1) is 7.79. The minimum atomic E-state index is 0.677.